The van der Waals surface area contributed by atoms with Crippen LogP contribution in [0.5, 0.6) is 0 Å². The van der Waals surface area contributed by atoms with Gasteiger partial charge in [-0.2, -0.15) is 0 Å². The van der Waals surface area contributed by atoms with Gasteiger partial charge < -0.3 is 19.5 Å². The van der Waals surface area contributed by atoms with Crippen molar-refractivity contribution in [3.63, 3.8) is 0 Å². The van der Waals surface area contributed by atoms with Gasteiger partial charge in [0.15, 0.2) is 0 Å². The Bertz CT molecular complexity index is 486. The van der Waals surface area contributed by atoms with Crippen LogP contribution in [0.3, 0.4) is 0 Å². The molecule has 0 aromatic rings. The summed E-state index contributed by atoms with van der Waals surface area (Å²) >= 11 is 0. The molecule has 0 unspecified atom stereocenters. The van der Waals surface area contributed by atoms with E-state index in [0.29, 0.717) is 72.2 Å². The summed E-state index contributed by atoms with van der Waals surface area (Å²) in [4.78, 5) is 41.9. The molecule has 174 valence electrons. The number of nitrogens with one attached hydrogen (secondary N) is 1. The van der Waals surface area contributed by atoms with E-state index >= 15 is 0 Å². The van der Waals surface area contributed by atoms with Crippen LogP contribution in [0.4, 0.5) is 0 Å². The lowest BCUT2D eigenvalue weighted by molar-refractivity contribution is -0.146. The van der Waals surface area contributed by atoms with Crippen molar-refractivity contribution in [3.05, 3.63) is 0 Å². The van der Waals surface area contributed by atoms with Crippen LogP contribution in [0, 0.1) is 0 Å². The molecule has 1 N–H and O–H groups in total. The van der Waals surface area contributed by atoms with Crippen molar-refractivity contribution in [3.8, 4) is 0 Å². The van der Waals surface area contributed by atoms with Gasteiger partial charge in [-0.15, -0.1) is 0 Å². The zero-order valence-corrected chi connectivity index (χ0v) is 18.7. The highest BCUT2D eigenvalue weighted by atomic mass is 16.5. The van der Waals surface area contributed by atoms with Gasteiger partial charge in [-0.3, -0.25) is 29.1 Å². The molecule has 1 fully saturated rings. The summed E-state index contributed by atoms with van der Waals surface area (Å²) < 4.78 is 15.2. The average molecular weight is 431 g/mol. The zero-order valence-electron chi connectivity index (χ0n) is 18.7. The van der Waals surface area contributed by atoms with E-state index in [2.05, 4.69) is 5.32 Å². The first-order chi connectivity index (χ1) is 14.5. The first kappa shape index (κ1) is 26.3. The number of hydrogen-bond donors (Lipinski definition) is 1. The standard InChI is InChI=1S/C20H38N4O6/c1-4-28-18(25)15-22-9-7-21-8-10-23(16-19(26)29-5-2)12-14-24(13-11-22)17-20(27)30-6-3/h21H,4-17H2,1-3H3. The average Bonchev–Trinajstić information content (AvgIpc) is 2.68. The molecule has 1 aliphatic rings. The summed E-state index contributed by atoms with van der Waals surface area (Å²) in [5.41, 5.74) is 0. The Morgan fingerprint density at radius 3 is 1.20 bits per heavy atom. The Morgan fingerprint density at radius 1 is 0.600 bits per heavy atom. The number of nitrogens with zero attached hydrogens (tertiary/aromatic N) is 3. The van der Waals surface area contributed by atoms with Gasteiger partial charge in [-0.25, -0.2) is 0 Å². The van der Waals surface area contributed by atoms with Crippen LogP contribution in [0.15, 0.2) is 0 Å². The van der Waals surface area contributed by atoms with E-state index in [1.165, 1.54) is 0 Å². The molecular weight excluding hydrogens is 392 g/mol. The Labute approximate surface area is 179 Å². The summed E-state index contributed by atoms with van der Waals surface area (Å²) in [6.07, 6.45) is 0. The molecule has 0 aromatic heterocycles. The van der Waals surface area contributed by atoms with Crippen molar-refractivity contribution in [2.75, 3.05) is 91.8 Å². The highest BCUT2D eigenvalue weighted by Crippen LogP contribution is 1.99. The fraction of sp³-hybridized carbons (Fsp3) is 0.850. The Morgan fingerprint density at radius 2 is 0.900 bits per heavy atom. The van der Waals surface area contributed by atoms with Crippen LogP contribution >= 0.6 is 0 Å². The first-order valence-corrected chi connectivity index (χ1v) is 10.8. The van der Waals surface area contributed by atoms with Gasteiger partial charge in [0.05, 0.1) is 39.5 Å². The van der Waals surface area contributed by atoms with Crippen LogP contribution in [0.2, 0.25) is 0 Å². The molecule has 0 saturated carbocycles. The van der Waals surface area contributed by atoms with E-state index in [0.717, 1.165) is 0 Å². The molecule has 1 rings (SSSR count). The van der Waals surface area contributed by atoms with E-state index in [1.807, 2.05) is 14.7 Å². The van der Waals surface area contributed by atoms with Crippen molar-refractivity contribution in [1.82, 2.24) is 20.0 Å². The summed E-state index contributed by atoms with van der Waals surface area (Å²) in [6, 6.07) is 0. The zero-order chi connectivity index (χ0) is 22.2. The number of esters is 3. The predicted octanol–water partition coefficient (Wildman–Crippen LogP) is -0.815. The minimum absolute atomic E-state index is 0.173. The molecule has 0 amide bonds. The summed E-state index contributed by atoms with van der Waals surface area (Å²) in [7, 11) is 0. The van der Waals surface area contributed by atoms with Crippen molar-refractivity contribution >= 4 is 17.9 Å². The largest absolute Gasteiger partial charge is 0.465 e. The van der Waals surface area contributed by atoms with E-state index in [1.54, 1.807) is 20.8 Å². The van der Waals surface area contributed by atoms with Crippen molar-refractivity contribution in [2.24, 2.45) is 0 Å². The fourth-order valence-corrected chi connectivity index (χ4v) is 3.14. The minimum Gasteiger partial charge on any atom is -0.465 e. The van der Waals surface area contributed by atoms with Crippen LogP contribution in [0.1, 0.15) is 20.8 Å². The van der Waals surface area contributed by atoms with Crippen LogP contribution in [-0.2, 0) is 28.6 Å². The maximum absolute atomic E-state index is 12.0. The second-order valence-electron chi connectivity index (χ2n) is 6.99. The second-order valence-corrected chi connectivity index (χ2v) is 6.99. The Kier molecular flexibility index (Phi) is 14.0. The molecule has 0 atom stereocenters. The maximum Gasteiger partial charge on any atom is 0.320 e. The lowest BCUT2D eigenvalue weighted by atomic mass is 10.3. The lowest BCUT2D eigenvalue weighted by Gasteiger charge is -2.30. The van der Waals surface area contributed by atoms with E-state index in [-0.39, 0.29) is 37.5 Å². The number of carbonyl (C=O) groups is 3. The van der Waals surface area contributed by atoms with Gasteiger partial charge in [0.25, 0.3) is 0 Å². The molecule has 10 heteroatoms. The maximum atomic E-state index is 12.0. The van der Waals surface area contributed by atoms with Gasteiger partial charge in [-0.1, -0.05) is 0 Å². The third kappa shape index (κ3) is 12.1. The van der Waals surface area contributed by atoms with Gasteiger partial charge in [0.1, 0.15) is 0 Å². The normalized spacial score (nSPS) is 18.1. The lowest BCUT2D eigenvalue weighted by Crippen LogP contribution is -2.48. The van der Waals surface area contributed by atoms with E-state index < -0.39 is 0 Å². The number of rotatable bonds is 9. The molecule has 1 saturated heterocycles. The molecule has 0 radical (unpaired) electrons. The van der Waals surface area contributed by atoms with E-state index in [9.17, 15) is 14.4 Å². The van der Waals surface area contributed by atoms with Crippen molar-refractivity contribution < 1.29 is 28.6 Å². The number of ether oxygens (including phenoxy) is 3. The topological polar surface area (TPSA) is 101 Å². The van der Waals surface area contributed by atoms with Gasteiger partial charge in [0, 0.05) is 52.4 Å². The molecule has 0 bridgehead atoms. The molecular formula is C20H38N4O6. The predicted molar refractivity (Wildman–Crippen MR) is 112 cm³/mol. The van der Waals surface area contributed by atoms with Gasteiger partial charge in [-0.05, 0) is 20.8 Å². The Balaban J connectivity index is 2.75. The molecule has 0 aromatic carbocycles. The number of carbonyl (C=O) groups excluding carboxylic acids is 3. The third-order valence-corrected chi connectivity index (χ3v) is 4.65. The highest BCUT2D eigenvalue weighted by Gasteiger charge is 2.19. The molecule has 0 aliphatic carbocycles. The smallest absolute Gasteiger partial charge is 0.320 e. The molecule has 30 heavy (non-hydrogen) atoms. The van der Waals surface area contributed by atoms with Gasteiger partial charge in [0.2, 0.25) is 0 Å². The number of hydrogen-bond acceptors (Lipinski definition) is 10. The summed E-state index contributed by atoms with van der Waals surface area (Å²) in [5, 5.41) is 3.36. The fourth-order valence-electron chi connectivity index (χ4n) is 3.14. The van der Waals surface area contributed by atoms with Crippen molar-refractivity contribution in [2.45, 2.75) is 20.8 Å². The van der Waals surface area contributed by atoms with Crippen LogP contribution in [0.25, 0.3) is 0 Å². The summed E-state index contributed by atoms with van der Waals surface area (Å²) in [5.74, 6) is -0.774. The Hall–Kier alpha value is -1.75. The SMILES string of the molecule is CCOC(=O)CN1CCNCCN(CC(=O)OCC)CCN(CC(=O)OCC)CC1. The minimum atomic E-state index is -0.278. The summed E-state index contributed by atoms with van der Waals surface area (Å²) in [6.45, 7) is 12.3. The quantitative estimate of drug-likeness (QED) is 0.369. The molecule has 0 spiro atoms. The van der Waals surface area contributed by atoms with E-state index in [4.69, 9.17) is 14.2 Å². The monoisotopic (exact) mass is 430 g/mol. The van der Waals surface area contributed by atoms with Gasteiger partial charge >= 0.3 is 17.9 Å². The first-order valence-electron chi connectivity index (χ1n) is 10.8. The molecule has 10 nitrogen and oxygen atoms in total. The molecule has 1 aliphatic heterocycles. The highest BCUT2D eigenvalue weighted by molar-refractivity contribution is 5.72. The third-order valence-electron chi connectivity index (χ3n) is 4.65. The van der Waals surface area contributed by atoms with Crippen LogP contribution < -0.4 is 5.32 Å². The van der Waals surface area contributed by atoms with Crippen molar-refractivity contribution in [1.29, 1.82) is 0 Å². The molecule has 1 heterocycles. The van der Waals surface area contributed by atoms with Crippen LogP contribution in [-0.4, -0.2) is 124 Å². The second kappa shape index (κ2) is 16.0.